The zero-order valence-electron chi connectivity index (χ0n) is 8.92. The Morgan fingerprint density at radius 2 is 2.00 bits per heavy atom. The third-order valence-corrected chi connectivity index (χ3v) is 3.12. The van der Waals surface area contributed by atoms with E-state index in [2.05, 4.69) is 46.0 Å². The lowest BCUT2D eigenvalue weighted by molar-refractivity contribution is 1.25. The highest BCUT2D eigenvalue weighted by molar-refractivity contribution is 9.08. The lowest BCUT2D eigenvalue weighted by atomic mass is 10.0. The van der Waals surface area contributed by atoms with Gasteiger partial charge in [0, 0.05) is 22.8 Å². The summed E-state index contributed by atoms with van der Waals surface area (Å²) in [7, 11) is 0. The topological polar surface area (TPSA) is 39.6 Å². The summed E-state index contributed by atoms with van der Waals surface area (Å²) in [5.41, 5.74) is 5.04. The first-order chi connectivity index (χ1) is 7.76. The molecule has 3 heteroatoms. The molecule has 1 heterocycles. The fourth-order valence-electron chi connectivity index (χ4n) is 1.71. The molecule has 2 aromatic rings. The third-order valence-electron chi connectivity index (χ3n) is 2.56. The van der Waals surface area contributed by atoms with E-state index in [4.69, 9.17) is 5.26 Å². The number of aryl methyl sites for hydroxylation is 1. The zero-order chi connectivity index (χ0) is 11.5. The molecule has 0 fully saturated rings. The van der Waals surface area contributed by atoms with E-state index in [1.54, 1.807) is 6.20 Å². The Hall–Kier alpha value is -1.53. The van der Waals surface area contributed by atoms with Gasteiger partial charge in [-0.15, -0.1) is 0 Å². The number of benzene rings is 1. The number of alkyl halides is 1. The van der Waals surface area contributed by atoms with E-state index in [1.165, 1.54) is 5.56 Å². The van der Waals surface area contributed by atoms with Crippen LogP contribution in [0.5, 0.6) is 0 Å². The van der Waals surface area contributed by atoms with Crippen LogP contribution in [0, 0.1) is 18.3 Å². The normalized spacial score (nSPS) is 10.1. The number of nitriles is 1. The van der Waals surface area contributed by atoms with Gasteiger partial charge in [-0.1, -0.05) is 45.8 Å². The first-order valence-corrected chi connectivity index (χ1v) is 6.11. The van der Waals surface area contributed by atoms with Crippen molar-refractivity contribution in [2.24, 2.45) is 0 Å². The molecule has 1 N–H and O–H groups in total. The molecule has 1 aromatic carbocycles. The van der Waals surface area contributed by atoms with Crippen molar-refractivity contribution in [3.05, 3.63) is 47.3 Å². The maximum atomic E-state index is 9.06. The molecule has 0 spiro atoms. The predicted octanol–water partition coefficient (Wildman–Crippen LogP) is 3.76. The number of hydrogen-bond donors (Lipinski definition) is 1. The van der Waals surface area contributed by atoms with Crippen molar-refractivity contribution in [1.82, 2.24) is 4.98 Å². The van der Waals surface area contributed by atoms with Crippen LogP contribution in [-0.2, 0) is 5.33 Å². The average molecular weight is 275 g/mol. The van der Waals surface area contributed by atoms with Crippen molar-refractivity contribution >= 4 is 15.9 Å². The van der Waals surface area contributed by atoms with Gasteiger partial charge in [0.15, 0.2) is 0 Å². The molecule has 0 radical (unpaired) electrons. The molecular formula is C13H11BrN2. The third kappa shape index (κ3) is 1.89. The van der Waals surface area contributed by atoms with Crippen LogP contribution < -0.4 is 0 Å². The first kappa shape index (κ1) is 11.0. The average Bonchev–Trinajstić information content (AvgIpc) is 2.73. The molecule has 0 aliphatic heterocycles. The standard InChI is InChI=1S/C13H11BrN2/c1-9-2-4-10(5-3-9)13-11(7-15)8-16-12(13)6-14/h2-5,8,16H,6H2,1H3. The van der Waals surface area contributed by atoms with Crippen molar-refractivity contribution in [2.75, 3.05) is 0 Å². The Balaban J connectivity index is 2.58. The molecule has 0 saturated heterocycles. The second-order valence-electron chi connectivity index (χ2n) is 3.67. The smallest absolute Gasteiger partial charge is 0.101 e. The quantitative estimate of drug-likeness (QED) is 0.833. The number of rotatable bonds is 2. The van der Waals surface area contributed by atoms with Gasteiger partial charge in [0.1, 0.15) is 6.07 Å². The lowest BCUT2D eigenvalue weighted by Gasteiger charge is -2.03. The molecule has 0 amide bonds. The van der Waals surface area contributed by atoms with Crippen LogP contribution >= 0.6 is 15.9 Å². The number of aromatic nitrogens is 1. The summed E-state index contributed by atoms with van der Waals surface area (Å²) < 4.78 is 0. The van der Waals surface area contributed by atoms with Gasteiger partial charge in [-0.3, -0.25) is 0 Å². The van der Waals surface area contributed by atoms with Crippen LogP contribution in [0.3, 0.4) is 0 Å². The van der Waals surface area contributed by atoms with Crippen LogP contribution in [0.1, 0.15) is 16.8 Å². The second-order valence-corrected chi connectivity index (χ2v) is 4.23. The number of H-pyrrole nitrogens is 1. The minimum Gasteiger partial charge on any atom is -0.363 e. The van der Waals surface area contributed by atoms with E-state index >= 15 is 0 Å². The van der Waals surface area contributed by atoms with Crippen LogP contribution in [-0.4, -0.2) is 4.98 Å². The minimum atomic E-state index is 0.693. The van der Waals surface area contributed by atoms with Crippen molar-refractivity contribution in [3.8, 4) is 17.2 Å². The van der Waals surface area contributed by atoms with Gasteiger partial charge in [0.2, 0.25) is 0 Å². The lowest BCUT2D eigenvalue weighted by Crippen LogP contribution is -1.85. The highest BCUT2D eigenvalue weighted by Gasteiger charge is 2.11. The van der Waals surface area contributed by atoms with Crippen molar-refractivity contribution in [3.63, 3.8) is 0 Å². The maximum absolute atomic E-state index is 9.06. The molecule has 0 atom stereocenters. The number of nitrogens with one attached hydrogen (secondary N) is 1. The Morgan fingerprint density at radius 1 is 1.31 bits per heavy atom. The molecule has 0 unspecified atom stereocenters. The summed E-state index contributed by atoms with van der Waals surface area (Å²) >= 11 is 3.42. The van der Waals surface area contributed by atoms with E-state index in [-0.39, 0.29) is 0 Å². The van der Waals surface area contributed by atoms with Crippen molar-refractivity contribution in [1.29, 1.82) is 5.26 Å². The molecule has 16 heavy (non-hydrogen) atoms. The van der Waals surface area contributed by atoms with E-state index in [0.717, 1.165) is 22.2 Å². The van der Waals surface area contributed by atoms with Gasteiger partial charge >= 0.3 is 0 Å². The molecule has 0 saturated carbocycles. The van der Waals surface area contributed by atoms with Crippen molar-refractivity contribution in [2.45, 2.75) is 12.3 Å². The highest BCUT2D eigenvalue weighted by atomic mass is 79.9. The Kier molecular flexibility index (Phi) is 3.12. The van der Waals surface area contributed by atoms with E-state index in [0.29, 0.717) is 5.56 Å². The van der Waals surface area contributed by atoms with Crippen molar-refractivity contribution < 1.29 is 0 Å². The first-order valence-electron chi connectivity index (χ1n) is 4.99. The van der Waals surface area contributed by atoms with Crippen LogP contribution in [0.15, 0.2) is 30.5 Å². The molecule has 80 valence electrons. The summed E-state index contributed by atoms with van der Waals surface area (Å²) in [5.74, 6) is 0. The van der Waals surface area contributed by atoms with Crippen LogP contribution in [0.4, 0.5) is 0 Å². The van der Waals surface area contributed by atoms with Gasteiger partial charge in [-0.25, -0.2) is 0 Å². The largest absolute Gasteiger partial charge is 0.363 e. The van der Waals surface area contributed by atoms with E-state index in [9.17, 15) is 0 Å². The van der Waals surface area contributed by atoms with Crippen LogP contribution in [0.25, 0.3) is 11.1 Å². The number of halogens is 1. The second kappa shape index (κ2) is 4.54. The molecule has 0 bridgehead atoms. The predicted molar refractivity (Wildman–Crippen MR) is 68.3 cm³/mol. The van der Waals surface area contributed by atoms with Gasteiger partial charge in [0.25, 0.3) is 0 Å². The number of aromatic amines is 1. The Labute approximate surface area is 103 Å². The fourth-order valence-corrected chi connectivity index (χ4v) is 2.15. The van der Waals surface area contributed by atoms with E-state index in [1.807, 2.05) is 12.1 Å². The summed E-state index contributed by atoms with van der Waals surface area (Å²) in [5, 5.41) is 9.78. The Bertz CT molecular complexity index is 532. The summed E-state index contributed by atoms with van der Waals surface area (Å²) in [4.78, 5) is 3.12. The van der Waals surface area contributed by atoms with Crippen LogP contribution in [0.2, 0.25) is 0 Å². The molecule has 2 rings (SSSR count). The molecule has 2 nitrogen and oxygen atoms in total. The highest BCUT2D eigenvalue weighted by Crippen LogP contribution is 2.28. The maximum Gasteiger partial charge on any atom is 0.101 e. The fraction of sp³-hybridized carbons (Fsp3) is 0.154. The van der Waals surface area contributed by atoms with Gasteiger partial charge < -0.3 is 4.98 Å². The molecule has 0 aliphatic carbocycles. The van der Waals surface area contributed by atoms with Gasteiger partial charge in [-0.05, 0) is 12.5 Å². The molecular weight excluding hydrogens is 264 g/mol. The summed E-state index contributed by atoms with van der Waals surface area (Å²) in [6.45, 7) is 2.05. The van der Waals surface area contributed by atoms with Gasteiger partial charge in [0.05, 0.1) is 5.56 Å². The SMILES string of the molecule is Cc1ccc(-c2c(C#N)c[nH]c2CBr)cc1. The van der Waals surface area contributed by atoms with E-state index < -0.39 is 0 Å². The monoisotopic (exact) mass is 274 g/mol. The molecule has 0 aliphatic rings. The summed E-state index contributed by atoms with van der Waals surface area (Å²) in [6, 6.07) is 10.4. The zero-order valence-corrected chi connectivity index (χ0v) is 10.5. The minimum absolute atomic E-state index is 0.693. The number of nitrogens with zero attached hydrogens (tertiary/aromatic N) is 1. The molecule has 1 aromatic heterocycles. The number of hydrogen-bond acceptors (Lipinski definition) is 1. The van der Waals surface area contributed by atoms with Gasteiger partial charge in [-0.2, -0.15) is 5.26 Å². The summed E-state index contributed by atoms with van der Waals surface area (Å²) in [6.07, 6.45) is 1.76. The Morgan fingerprint density at radius 3 is 2.56 bits per heavy atom.